The van der Waals surface area contributed by atoms with Crippen LogP contribution in [-0.4, -0.2) is 10.9 Å². The summed E-state index contributed by atoms with van der Waals surface area (Å²) in [5, 5.41) is 9.51. The second kappa shape index (κ2) is 7.66. The molecule has 0 heterocycles. The van der Waals surface area contributed by atoms with Gasteiger partial charge in [-0.2, -0.15) is 0 Å². The van der Waals surface area contributed by atoms with E-state index < -0.39 is 0 Å². The van der Waals surface area contributed by atoms with Crippen molar-refractivity contribution in [3.63, 3.8) is 0 Å². The molecule has 2 nitrogen and oxygen atoms in total. The number of benzene rings is 3. The average molecular weight is 395 g/mol. The number of aromatic hydroxyl groups is 1. The van der Waals surface area contributed by atoms with Gasteiger partial charge in [0.1, 0.15) is 5.75 Å². The summed E-state index contributed by atoms with van der Waals surface area (Å²) in [7, 11) is 0. The van der Waals surface area contributed by atoms with E-state index in [4.69, 9.17) is 0 Å². The molecule has 0 unspecified atom stereocenters. The Morgan fingerprint density at radius 2 is 1.64 bits per heavy atom. The third kappa shape index (κ3) is 4.18. The molecule has 3 heteroatoms. The minimum absolute atomic E-state index is 0.134. The number of halogens is 1. The molecule has 0 saturated carbocycles. The molecular weight excluding hydrogens is 376 g/mol. The second-order valence-electron chi connectivity index (χ2n) is 6.09. The summed E-state index contributed by atoms with van der Waals surface area (Å²) in [6.07, 6.45) is 1.19. The summed E-state index contributed by atoms with van der Waals surface area (Å²) in [5.74, 6) is 0.357. The number of hydrogen-bond donors (Lipinski definition) is 1. The van der Waals surface area contributed by atoms with Crippen molar-refractivity contribution < 1.29 is 9.90 Å². The van der Waals surface area contributed by atoms with Crippen LogP contribution in [0.5, 0.6) is 5.75 Å². The monoisotopic (exact) mass is 394 g/mol. The maximum absolute atomic E-state index is 12.8. The SMILES string of the molecule is Cc1cccc(C(=O)CCc2ccc(Br)cc2)c1-c1ccc(O)cc1. The summed E-state index contributed by atoms with van der Waals surface area (Å²) >= 11 is 3.43. The van der Waals surface area contributed by atoms with Gasteiger partial charge in [-0.3, -0.25) is 4.79 Å². The van der Waals surface area contributed by atoms with Gasteiger partial charge in [0.25, 0.3) is 0 Å². The largest absolute Gasteiger partial charge is 0.508 e. The van der Waals surface area contributed by atoms with E-state index in [1.54, 1.807) is 12.1 Å². The van der Waals surface area contributed by atoms with Crippen molar-refractivity contribution in [1.82, 2.24) is 0 Å². The highest BCUT2D eigenvalue weighted by Crippen LogP contribution is 2.30. The van der Waals surface area contributed by atoms with Crippen LogP contribution in [0.1, 0.15) is 27.9 Å². The van der Waals surface area contributed by atoms with Gasteiger partial charge in [-0.05, 0) is 59.9 Å². The Balaban J connectivity index is 1.86. The third-order valence-electron chi connectivity index (χ3n) is 4.28. The van der Waals surface area contributed by atoms with Crippen molar-refractivity contribution in [2.75, 3.05) is 0 Å². The first-order chi connectivity index (χ1) is 12.0. The fourth-order valence-corrected chi connectivity index (χ4v) is 3.22. The maximum atomic E-state index is 12.8. The van der Waals surface area contributed by atoms with Crippen molar-refractivity contribution in [3.8, 4) is 16.9 Å². The number of hydrogen-bond acceptors (Lipinski definition) is 2. The van der Waals surface area contributed by atoms with Crippen molar-refractivity contribution in [3.05, 3.63) is 87.9 Å². The highest BCUT2D eigenvalue weighted by molar-refractivity contribution is 9.10. The predicted octanol–water partition coefficient (Wildman–Crippen LogP) is 5.95. The van der Waals surface area contributed by atoms with Crippen molar-refractivity contribution in [2.24, 2.45) is 0 Å². The quantitative estimate of drug-likeness (QED) is 0.543. The van der Waals surface area contributed by atoms with Crippen molar-refractivity contribution in [2.45, 2.75) is 19.8 Å². The molecular formula is C22H19BrO2. The summed E-state index contributed by atoms with van der Waals surface area (Å²) in [6, 6.07) is 20.9. The van der Waals surface area contributed by atoms with Gasteiger partial charge in [-0.15, -0.1) is 0 Å². The van der Waals surface area contributed by atoms with Crippen LogP contribution in [-0.2, 0) is 6.42 Å². The lowest BCUT2D eigenvalue weighted by molar-refractivity contribution is 0.0983. The van der Waals surface area contributed by atoms with E-state index in [9.17, 15) is 9.90 Å². The molecule has 0 aromatic heterocycles. The van der Waals surface area contributed by atoms with E-state index >= 15 is 0 Å². The molecule has 3 aromatic carbocycles. The summed E-state index contributed by atoms with van der Waals surface area (Å²) in [6.45, 7) is 2.01. The van der Waals surface area contributed by atoms with Crippen LogP contribution >= 0.6 is 15.9 Å². The molecule has 0 aliphatic carbocycles. The van der Waals surface area contributed by atoms with Gasteiger partial charge in [0.05, 0.1) is 0 Å². The van der Waals surface area contributed by atoms with E-state index in [0.717, 1.165) is 38.7 Å². The van der Waals surface area contributed by atoms with Gasteiger partial charge < -0.3 is 5.11 Å². The molecule has 3 rings (SSSR count). The third-order valence-corrected chi connectivity index (χ3v) is 4.81. The molecule has 0 spiro atoms. The zero-order valence-corrected chi connectivity index (χ0v) is 15.6. The lowest BCUT2D eigenvalue weighted by atomic mass is 9.91. The van der Waals surface area contributed by atoms with Gasteiger partial charge in [0.15, 0.2) is 5.78 Å². The first-order valence-corrected chi connectivity index (χ1v) is 9.00. The predicted molar refractivity (Wildman–Crippen MR) is 105 cm³/mol. The second-order valence-corrected chi connectivity index (χ2v) is 7.01. The Labute approximate surface area is 156 Å². The van der Waals surface area contributed by atoms with Crippen LogP contribution in [0.15, 0.2) is 71.2 Å². The van der Waals surface area contributed by atoms with E-state index in [2.05, 4.69) is 15.9 Å². The molecule has 3 aromatic rings. The van der Waals surface area contributed by atoms with Crippen LogP contribution in [0.4, 0.5) is 0 Å². The molecule has 1 N–H and O–H groups in total. The van der Waals surface area contributed by atoms with Gasteiger partial charge in [-0.1, -0.05) is 58.4 Å². The van der Waals surface area contributed by atoms with Crippen LogP contribution in [0.3, 0.4) is 0 Å². The van der Waals surface area contributed by atoms with E-state index in [-0.39, 0.29) is 11.5 Å². The zero-order valence-electron chi connectivity index (χ0n) is 14.0. The lowest BCUT2D eigenvalue weighted by Crippen LogP contribution is -2.04. The van der Waals surface area contributed by atoms with Crippen LogP contribution in [0.2, 0.25) is 0 Å². The van der Waals surface area contributed by atoms with E-state index in [0.29, 0.717) is 6.42 Å². The van der Waals surface area contributed by atoms with Gasteiger partial charge >= 0.3 is 0 Å². The van der Waals surface area contributed by atoms with E-state index in [1.165, 1.54) is 0 Å². The first-order valence-electron chi connectivity index (χ1n) is 8.21. The molecule has 0 radical (unpaired) electrons. The molecule has 0 fully saturated rings. The standard InChI is InChI=1S/C22H19BrO2/c1-15-3-2-4-20(22(15)17-8-12-19(24)13-9-17)21(25)14-7-16-5-10-18(23)11-6-16/h2-6,8-13,24H,7,14H2,1H3. The number of phenolic OH excluding ortho intramolecular Hbond substituents is 1. The Kier molecular flexibility index (Phi) is 5.34. The Morgan fingerprint density at radius 1 is 0.960 bits per heavy atom. The first kappa shape index (κ1) is 17.4. The van der Waals surface area contributed by atoms with Crippen LogP contribution in [0, 0.1) is 6.92 Å². The molecule has 126 valence electrons. The summed E-state index contributed by atoms with van der Waals surface area (Å²) < 4.78 is 1.04. The average Bonchev–Trinajstić information content (AvgIpc) is 2.62. The molecule has 0 bridgehead atoms. The molecule has 0 atom stereocenters. The van der Waals surface area contributed by atoms with Gasteiger partial charge in [0.2, 0.25) is 0 Å². The zero-order chi connectivity index (χ0) is 17.8. The molecule has 25 heavy (non-hydrogen) atoms. The smallest absolute Gasteiger partial charge is 0.163 e. The number of phenols is 1. The number of Topliss-reactive ketones (excluding diaryl/α,β-unsaturated/α-hetero) is 1. The normalized spacial score (nSPS) is 10.6. The maximum Gasteiger partial charge on any atom is 0.163 e. The molecule has 0 aliphatic rings. The van der Waals surface area contributed by atoms with Gasteiger partial charge in [-0.25, -0.2) is 0 Å². The number of ketones is 1. The van der Waals surface area contributed by atoms with Gasteiger partial charge in [0, 0.05) is 16.5 Å². The molecule has 0 saturated heterocycles. The molecule has 0 aliphatic heterocycles. The minimum atomic E-state index is 0.134. The fourth-order valence-electron chi connectivity index (χ4n) is 2.96. The number of rotatable bonds is 5. The highest BCUT2D eigenvalue weighted by atomic mass is 79.9. The molecule has 0 amide bonds. The van der Waals surface area contributed by atoms with E-state index in [1.807, 2.05) is 61.5 Å². The van der Waals surface area contributed by atoms with Crippen molar-refractivity contribution >= 4 is 21.7 Å². The highest BCUT2D eigenvalue weighted by Gasteiger charge is 2.15. The van der Waals surface area contributed by atoms with Crippen molar-refractivity contribution in [1.29, 1.82) is 0 Å². The van der Waals surface area contributed by atoms with Crippen LogP contribution < -0.4 is 0 Å². The Hall–Kier alpha value is -2.39. The number of carbonyl (C=O) groups is 1. The topological polar surface area (TPSA) is 37.3 Å². The van der Waals surface area contributed by atoms with Crippen LogP contribution in [0.25, 0.3) is 11.1 Å². The summed E-state index contributed by atoms with van der Waals surface area (Å²) in [5.41, 5.74) is 4.84. The number of aryl methyl sites for hydroxylation is 2. The Bertz CT molecular complexity index is 881. The minimum Gasteiger partial charge on any atom is -0.508 e. The lowest BCUT2D eigenvalue weighted by Gasteiger charge is -2.12. The Morgan fingerprint density at radius 3 is 2.32 bits per heavy atom. The number of carbonyl (C=O) groups excluding carboxylic acids is 1. The summed E-state index contributed by atoms with van der Waals surface area (Å²) in [4.78, 5) is 12.8. The fraction of sp³-hybridized carbons (Fsp3) is 0.136.